The summed E-state index contributed by atoms with van der Waals surface area (Å²) >= 11 is 0. The van der Waals surface area contributed by atoms with Gasteiger partial charge in [-0.3, -0.25) is 0 Å². The molecule has 2 nitrogen and oxygen atoms in total. The van der Waals surface area contributed by atoms with Crippen LogP contribution in [0.15, 0.2) is 12.7 Å². The first kappa shape index (κ1) is 19.7. The van der Waals surface area contributed by atoms with Crippen molar-refractivity contribution in [1.82, 2.24) is 10.6 Å². The molecule has 4 unspecified atom stereocenters. The second kappa shape index (κ2) is 11.3. The van der Waals surface area contributed by atoms with Crippen molar-refractivity contribution in [2.45, 2.75) is 84.8 Å². The lowest BCUT2D eigenvalue weighted by Crippen LogP contribution is -2.53. The van der Waals surface area contributed by atoms with Crippen molar-refractivity contribution in [3.05, 3.63) is 12.7 Å². The van der Waals surface area contributed by atoms with Crippen molar-refractivity contribution in [1.29, 1.82) is 0 Å². The fourth-order valence-electron chi connectivity index (χ4n) is 3.24. The van der Waals surface area contributed by atoms with Crippen molar-refractivity contribution in [2.75, 3.05) is 7.05 Å². The second-order valence-corrected chi connectivity index (χ2v) is 6.47. The third kappa shape index (κ3) is 6.90. The highest BCUT2D eigenvalue weighted by atomic mass is 15.0. The Kier molecular flexibility index (Phi) is 11.1. The van der Waals surface area contributed by atoms with E-state index in [0.29, 0.717) is 18.1 Å². The van der Waals surface area contributed by atoms with E-state index in [9.17, 15) is 0 Å². The maximum absolute atomic E-state index is 3.85. The van der Waals surface area contributed by atoms with Crippen LogP contribution in [0.3, 0.4) is 0 Å². The van der Waals surface area contributed by atoms with E-state index in [0.717, 1.165) is 18.3 Å². The van der Waals surface area contributed by atoms with Gasteiger partial charge in [-0.05, 0) is 45.1 Å². The SMILES string of the molecule is C=CCC(C)NC(CC)C(NC)C(CCCC)C(C)C. The highest BCUT2D eigenvalue weighted by Crippen LogP contribution is 2.25. The Morgan fingerprint density at radius 3 is 2.20 bits per heavy atom. The molecule has 0 radical (unpaired) electrons. The first-order valence-electron chi connectivity index (χ1n) is 8.55. The molecule has 2 N–H and O–H groups in total. The predicted molar refractivity (Wildman–Crippen MR) is 92.2 cm³/mol. The van der Waals surface area contributed by atoms with Crippen LogP contribution in [0, 0.1) is 11.8 Å². The molecule has 0 aliphatic carbocycles. The van der Waals surface area contributed by atoms with Crippen LogP contribution in [0.1, 0.15) is 66.7 Å². The van der Waals surface area contributed by atoms with Crippen molar-refractivity contribution in [3.63, 3.8) is 0 Å². The summed E-state index contributed by atoms with van der Waals surface area (Å²) in [6, 6.07) is 1.60. The van der Waals surface area contributed by atoms with Gasteiger partial charge in [-0.25, -0.2) is 0 Å². The van der Waals surface area contributed by atoms with Crippen LogP contribution in [0.25, 0.3) is 0 Å². The maximum Gasteiger partial charge on any atom is 0.0248 e. The molecule has 0 saturated heterocycles. The van der Waals surface area contributed by atoms with Crippen LogP contribution in [0.5, 0.6) is 0 Å². The van der Waals surface area contributed by atoms with E-state index in [-0.39, 0.29) is 0 Å². The first-order chi connectivity index (χ1) is 9.51. The summed E-state index contributed by atoms with van der Waals surface area (Å²) in [6.07, 6.45) is 8.16. The lowest BCUT2D eigenvalue weighted by Gasteiger charge is -2.37. The van der Waals surface area contributed by atoms with Gasteiger partial charge in [0.25, 0.3) is 0 Å². The largest absolute Gasteiger partial charge is 0.315 e. The zero-order chi connectivity index (χ0) is 15.5. The molecule has 0 fully saturated rings. The van der Waals surface area contributed by atoms with Gasteiger partial charge in [0.15, 0.2) is 0 Å². The molecule has 0 aliphatic rings. The highest BCUT2D eigenvalue weighted by Gasteiger charge is 2.29. The van der Waals surface area contributed by atoms with E-state index in [1.807, 2.05) is 6.08 Å². The van der Waals surface area contributed by atoms with Gasteiger partial charge < -0.3 is 10.6 Å². The van der Waals surface area contributed by atoms with E-state index >= 15 is 0 Å². The van der Waals surface area contributed by atoms with Crippen molar-refractivity contribution < 1.29 is 0 Å². The molecule has 0 spiro atoms. The summed E-state index contributed by atoms with van der Waals surface area (Å²) in [5.41, 5.74) is 0. The van der Waals surface area contributed by atoms with Crippen LogP contribution in [-0.2, 0) is 0 Å². The summed E-state index contributed by atoms with van der Waals surface area (Å²) in [5, 5.41) is 7.40. The number of likely N-dealkylation sites (N-methyl/N-ethyl adjacent to an activating group) is 1. The standard InChI is InChI=1S/C18H38N2/c1-8-11-13-16(14(4)5)18(19-7)17(10-3)20-15(6)12-9-2/h9,14-20H,2,8,10-13H2,1,3-7H3. The van der Waals surface area contributed by atoms with Crippen LogP contribution >= 0.6 is 0 Å². The molecule has 0 rings (SSSR count). The molecule has 2 heteroatoms. The van der Waals surface area contributed by atoms with Gasteiger partial charge in [-0.15, -0.1) is 6.58 Å². The van der Waals surface area contributed by atoms with Crippen LogP contribution < -0.4 is 10.6 Å². The molecule has 0 aromatic carbocycles. The number of rotatable bonds is 12. The minimum absolute atomic E-state index is 0.507. The van der Waals surface area contributed by atoms with Gasteiger partial charge in [0, 0.05) is 18.1 Å². The fraction of sp³-hybridized carbons (Fsp3) is 0.889. The Balaban J connectivity index is 4.80. The maximum atomic E-state index is 3.85. The minimum atomic E-state index is 0.507. The molecule has 0 heterocycles. The Hall–Kier alpha value is -0.340. The van der Waals surface area contributed by atoms with Crippen LogP contribution in [-0.4, -0.2) is 25.2 Å². The average molecular weight is 283 g/mol. The van der Waals surface area contributed by atoms with E-state index in [1.54, 1.807) is 0 Å². The van der Waals surface area contributed by atoms with Crippen molar-refractivity contribution in [2.24, 2.45) is 11.8 Å². The summed E-state index contributed by atoms with van der Waals surface area (Å²) in [6.45, 7) is 15.4. The van der Waals surface area contributed by atoms with Gasteiger partial charge >= 0.3 is 0 Å². The molecule has 0 amide bonds. The van der Waals surface area contributed by atoms with Crippen molar-refractivity contribution in [3.8, 4) is 0 Å². The summed E-state index contributed by atoms with van der Waals surface area (Å²) < 4.78 is 0. The Morgan fingerprint density at radius 1 is 1.15 bits per heavy atom. The molecule has 4 atom stereocenters. The third-order valence-electron chi connectivity index (χ3n) is 4.43. The second-order valence-electron chi connectivity index (χ2n) is 6.47. The molecular weight excluding hydrogens is 244 g/mol. The van der Waals surface area contributed by atoms with E-state index in [4.69, 9.17) is 0 Å². The molecule has 120 valence electrons. The van der Waals surface area contributed by atoms with Gasteiger partial charge in [-0.2, -0.15) is 0 Å². The van der Waals surface area contributed by atoms with E-state index < -0.39 is 0 Å². The summed E-state index contributed by atoms with van der Waals surface area (Å²) in [4.78, 5) is 0. The summed E-state index contributed by atoms with van der Waals surface area (Å²) in [5.74, 6) is 1.47. The number of hydrogen-bond donors (Lipinski definition) is 2. The van der Waals surface area contributed by atoms with E-state index in [1.165, 1.54) is 25.7 Å². The van der Waals surface area contributed by atoms with Crippen molar-refractivity contribution >= 4 is 0 Å². The summed E-state index contributed by atoms with van der Waals surface area (Å²) in [7, 11) is 2.12. The Morgan fingerprint density at radius 2 is 1.80 bits per heavy atom. The Bertz CT molecular complexity index is 238. The number of nitrogens with one attached hydrogen (secondary N) is 2. The minimum Gasteiger partial charge on any atom is -0.315 e. The zero-order valence-corrected chi connectivity index (χ0v) is 14.7. The molecule has 0 saturated carbocycles. The monoisotopic (exact) mass is 282 g/mol. The smallest absolute Gasteiger partial charge is 0.0248 e. The molecular formula is C18H38N2. The van der Waals surface area contributed by atoms with Gasteiger partial charge in [-0.1, -0.05) is 46.6 Å². The van der Waals surface area contributed by atoms with Crippen LogP contribution in [0.2, 0.25) is 0 Å². The Labute approximate surface area is 127 Å². The topological polar surface area (TPSA) is 24.1 Å². The normalized spacial score (nSPS) is 17.8. The lowest BCUT2D eigenvalue weighted by molar-refractivity contribution is 0.205. The van der Waals surface area contributed by atoms with Gasteiger partial charge in [0.1, 0.15) is 0 Å². The number of unbranched alkanes of at least 4 members (excludes halogenated alkanes) is 1. The van der Waals surface area contributed by atoms with Crippen LogP contribution in [0.4, 0.5) is 0 Å². The molecule has 0 aliphatic heterocycles. The zero-order valence-electron chi connectivity index (χ0n) is 14.7. The predicted octanol–water partition coefficient (Wildman–Crippen LogP) is 4.37. The highest BCUT2D eigenvalue weighted by molar-refractivity contribution is 4.90. The molecule has 0 aromatic rings. The number of hydrogen-bond acceptors (Lipinski definition) is 2. The average Bonchev–Trinajstić information content (AvgIpc) is 2.41. The first-order valence-corrected chi connectivity index (χ1v) is 8.55. The van der Waals surface area contributed by atoms with Gasteiger partial charge in [0.2, 0.25) is 0 Å². The molecule has 20 heavy (non-hydrogen) atoms. The molecule has 0 bridgehead atoms. The third-order valence-corrected chi connectivity index (χ3v) is 4.43. The fourth-order valence-corrected chi connectivity index (χ4v) is 3.24. The lowest BCUT2D eigenvalue weighted by atomic mass is 9.80. The van der Waals surface area contributed by atoms with E-state index in [2.05, 4.69) is 58.9 Å². The van der Waals surface area contributed by atoms with Gasteiger partial charge in [0.05, 0.1) is 0 Å². The quantitative estimate of drug-likeness (QED) is 0.519. The molecule has 0 aromatic heterocycles.